The highest BCUT2D eigenvalue weighted by molar-refractivity contribution is 7.66. The second-order valence-corrected chi connectivity index (χ2v) is 10.6. The molecule has 1 saturated heterocycles. The van der Waals surface area contributed by atoms with Crippen molar-refractivity contribution >= 4 is 35.3 Å². The Morgan fingerprint density at radius 3 is 2.31 bits per heavy atom. The minimum atomic E-state index is -5.74. The number of nitrogens with one attached hydrogen (secondary N) is 2. The summed E-state index contributed by atoms with van der Waals surface area (Å²) in [6.07, 6.45) is -5.58. The number of rotatable bonds is 9. The van der Waals surface area contributed by atoms with Gasteiger partial charge in [0.25, 0.3) is 5.56 Å². The number of phosphoric acid groups is 3. The van der Waals surface area contributed by atoms with E-state index in [2.05, 4.69) is 28.4 Å². The van der Waals surface area contributed by atoms with E-state index in [0.29, 0.717) is 0 Å². The SMILES string of the molecule is CC(=O)Nc1nc(=O)c(C2OC(COP(=O)(O)OP(=O)(O)OP(=O)(O)O)C(O)C2O)c[nH]1. The van der Waals surface area contributed by atoms with Crippen LogP contribution in [-0.4, -0.2) is 70.6 Å². The molecule has 1 aliphatic heterocycles. The van der Waals surface area contributed by atoms with Crippen LogP contribution >= 0.6 is 23.5 Å². The van der Waals surface area contributed by atoms with Crippen LogP contribution in [0.4, 0.5) is 5.95 Å². The van der Waals surface area contributed by atoms with Gasteiger partial charge in [-0.15, -0.1) is 0 Å². The summed E-state index contributed by atoms with van der Waals surface area (Å²) in [7, 11) is -16.8. The highest BCUT2D eigenvalue weighted by atomic mass is 31.3. The molecule has 0 aliphatic carbocycles. The van der Waals surface area contributed by atoms with Crippen molar-refractivity contribution in [1.82, 2.24) is 9.97 Å². The van der Waals surface area contributed by atoms with Crippen LogP contribution in [0.25, 0.3) is 0 Å². The van der Waals surface area contributed by atoms with E-state index in [-0.39, 0.29) is 11.5 Å². The zero-order valence-electron chi connectivity index (χ0n) is 15.7. The number of anilines is 1. The molecule has 182 valence electrons. The first kappa shape index (κ1) is 26.9. The molecular formula is C11H18N3O15P3. The van der Waals surface area contributed by atoms with Crippen LogP contribution in [0.2, 0.25) is 0 Å². The monoisotopic (exact) mass is 525 g/mol. The minimum Gasteiger partial charge on any atom is -0.387 e. The zero-order valence-corrected chi connectivity index (χ0v) is 18.4. The Balaban J connectivity index is 2.07. The number of carbonyl (C=O) groups is 1. The summed E-state index contributed by atoms with van der Waals surface area (Å²) in [5.41, 5.74) is -1.23. The number of ether oxygens (including phenoxy) is 1. The number of nitrogens with zero attached hydrogens (tertiary/aromatic N) is 1. The second-order valence-electron chi connectivity index (χ2n) is 6.15. The van der Waals surface area contributed by atoms with Crippen LogP contribution < -0.4 is 10.9 Å². The summed E-state index contributed by atoms with van der Waals surface area (Å²) in [5.74, 6) is -0.733. The number of aromatic nitrogens is 2. The lowest BCUT2D eigenvalue weighted by Gasteiger charge is -2.19. The third-order valence-corrected chi connectivity index (χ3v) is 7.41. The number of aliphatic hydroxyl groups excluding tert-OH is 2. The van der Waals surface area contributed by atoms with E-state index in [1.165, 1.54) is 0 Å². The fourth-order valence-electron chi connectivity index (χ4n) is 2.46. The van der Waals surface area contributed by atoms with Gasteiger partial charge in [-0.2, -0.15) is 13.6 Å². The number of aromatic amines is 1. The molecule has 8 N–H and O–H groups in total. The summed E-state index contributed by atoms with van der Waals surface area (Å²) in [4.78, 5) is 64.5. The van der Waals surface area contributed by atoms with Gasteiger partial charge in [0.15, 0.2) is 0 Å². The molecule has 1 aliphatic rings. The Morgan fingerprint density at radius 1 is 1.16 bits per heavy atom. The van der Waals surface area contributed by atoms with Crippen molar-refractivity contribution in [3.05, 3.63) is 22.1 Å². The maximum absolute atomic E-state index is 12.1. The van der Waals surface area contributed by atoms with Gasteiger partial charge in [0, 0.05) is 13.1 Å². The van der Waals surface area contributed by atoms with Crippen molar-refractivity contribution in [2.45, 2.75) is 31.3 Å². The van der Waals surface area contributed by atoms with Crippen molar-refractivity contribution in [2.75, 3.05) is 11.9 Å². The molecule has 0 bridgehead atoms. The number of aliphatic hydroxyl groups is 2. The maximum atomic E-state index is 12.1. The van der Waals surface area contributed by atoms with Gasteiger partial charge < -0.3 is 39.5 Å². The van der Waals surface area contributed by atoms with E-state index < -0.39 is 66.0 Å². The Kier molecular flexibility index (Phi) is 8.29. The van der Waals surface area contributed by atoms with Gasteiger partial charge in [-0.3, -0.25) is 19.4 Å². The van der Waals surface area contributed by atoms with Gasteiger partial charge in [0.05, 0.1) is 12.2 Å². The van der Waals surface area contributed by atoms with Gasteiger partial charge in [-0.05, 0) is 0 Å². The number of H-pyrrole nitrogens is 1. The van der Waals surface area contributed by atoms with Crippen molar-refractivity contribution in [3.63, 3.8) is 0 Å². The van der Waals surface area contributed by atoms with Crippen molar-refractivity contribution in [1.29, 1.82) is 0 Å². The van der Waals surface area contributed by atoms with E-state index in [4.69, 9.17) is 19.4 Å². The zero-order chi connectivity index (χ0) is 24.5. The fraction of sp³-hybridized carbons (Fsp3) is 0.545. The highest BCUT2D eigenvalue weighted by Gasteiger charge is 2.47. The highest BCUT2D eigenvalue weighted by Crippen LogP contribution is 2.66. The molecule has 1 aromatic rings. The molecule has 1 aromatic heterocycles. The summed E-state index contributed by atoms with van der Waals surface area (Å²) in [6.45, 7) is 0.115. The lowest BCUT2D eigenvalue weighted by Crippen LogP contribution is -2.33. The number of carbonyl (C=O) groups excluding carboxylic acids is 1. The van der Waals surface area contributed by atoms with Gasteiger partial charge in [-0.25, -0.2) is 13.7 Å². The average Bonchev–Trinajstić information content (AvgIpc) is 2.85. The fourth-order valence-corrected chi connectivity index (χ4v) is 5.49. The van der Waals surface area contributed by atoms with Gasteiger partial charge in [-0.1, -0.05) is 0 Å². The third-order valence-electron chi connectivity index (χ3n) is 3.61. The molecule has 18 nitrogen and oxygen atoms in total. The maximum Gasteiger partial charge on any atom is 0.490 e. The standard InChI is InChI=1S/C11H18N3O15P3/c1-4(15)13-11-12-2-5(10(18)14-11)9-8(17)7(16)6(27-9)3-26-31(22,23)29-32(24,25)28-30(19,20)21/h2,6-9,16-17H,3H2,1H3,(H,22,23)(H,24,25)(H2,19,20,21)(H2,12,13,14,15,18). The lowest BCUT2D eigenvalue weighted by atomic mass is 10.0. The molecule has 1 amide bonds. The summed E-state index contributed by atoms with van der Waals surface area (Å²) in [5, 5.41) is 22.4. The molecule has 0 aromatic carbocycles. The Bertz CT molecular complexity index is 1050. The first-order chi connectivity index (χ1) is 14.5. The smallest absolute Gasteiger partial charge is 0.387 e. The Labute approximate surface area is 177 Å². The van der Waals surface area contributed by atoms with E-state index >= 15 is 0 Å². The molecular weight excluding hydrogens is 507 g/mol. The summed E-state index contributed by atoms with van der Waals surface area (Å²) < 4.78 is 50.2. The number of amides is 1. The molecule has 6 unspecified atom stereocenters. The van der Waals surface area contributed by atoms with Crippen LogP contribution in [0.1, 0.15) is 18.6 Å². The van der Waals surface area contributed by atoms with Crippen LogP contribution in [0.5, 0.6) is 0 Å². The van der Waals surface area contributed by atoms with Gasteiger partial charge in [0.1, 0.15) is 24.4 Å². The molecule has 32 heavy (non-hydrogen) atoms. The molecule has 6 atom stereocenters. The van der Waals surface area contributed by atoms with Crippen LogP contribution in [0.3, 0.4) is 0 Å². The molecule has 1 fully saturated rings. The first-order valence-corrected chi connectivity index (χ1v) is 12.7. The van der Waals surface area contributed by atoms with Gasteiger partial charge in [0.2, 0.25) is 11.9 Å². The van der Waals surface area contributed by atoms with E-state index in [1.807, 2.05) is 0 Å². The molecule has 0 spiro atoms. The first-order valence-electron chi connectivity index (χ1n) is 8.17. The topological polar surface area (TPSA) is 284 Å². The molecule has 0 saturated carbocycles. The quantitative estimate of drug-likeness (QED) is 0.166. The second kappa shape index (κ2) is 9.87. The van der Waals surface area contributed by atoms with Crippen molar-refractivity contribution in [3.8, 4) is 0 Å². The van der Waals surface area contributed by atoms with Crippen molar-refractivity contribution in [2.24, 2.45) is 0 Å². The van der Waals surface area contributed by atoms with Crippen LogP contribution in [0, 0.1) is 0 Å². The number of phosphoric ester groups is 1. The number of hydrogen-bond acceptors (Lipinski definition) is 12. The minimum absolute atomic E-state index is 0.205. The lowest BCUT2D eigenvalue weighted by molar-refractivity contribution is -0.114. The average molecular weight is 525 g/mol. The van der Waals surface area contributed by atoms with Crippen molar-refractivity contribution < 1.29 is 66.2 Å². The Hall–Kier alpha value is -1.36. The predicted molar refractivity (Wildman–Crippen MR) is 98.6 cm³/mol. The van der Waals surface area contributed by atoms with E-state index in [0.717, 1.165) is 13.1 Å². The summed E-state index contributed by atoms with van der Waals surface area (Å²) in [6, 6.07) is 0. The molecule has 2 rings (SSSR count). The van der Waals surface area contributed by atoms with Gasteiger partial charge >= 0.3 is 23.5 Å². The molecule has 0 radical (unpaired) electrons. The van der Waals surface area contributed by atoms with Crippen LogP contribution in [0.15, 0.2) is 11.0 Å². The predicted octanol–water partition coefficient (Wildman–Crippen LogP) is -1.77. The van der Waals surface area contributed by atoms with E-state index in [9.17, 15) is 38.4 Å². The van der Waals surface area contributed by atoms with Crippen LogP contribution in [-0.2, 0) is 36.4 Å². The molecule has 21 heteroatoms. The number of hydrogen-bond donors (Lipinski definition) is 8. The summed E-state index contributed by atoms with van der Waals surface area (Å²) >= 11 is 0. The normalized spacial score (nSPS) is 27.5. The van der Waals surface area contributed by atoms with E-state index in [1.54, 1.807) is 0 Å². The third kappa shape index (κ3) is 7.60. The largest absolute Gasteiger partial charge is 0.490 e. The molecule has 2 heterocycles. The Morgan fingerprint density at radius 2 is 1.78 bits per heavy atom.